The number of pyridine rings is 1. The molecule has 0 amide bonds. The van der Waals surface area contributed by atoms with Crippen molar-refractivity contribution in [3.63, 3.8) is 0 Å². The maximum atomic E-state index is 11.2. The van der Waals surface area contributed by atoms with E-state index in [1.807, 2.05) is 30.3 Å². The molecule has 2 rings (SSSR count). The van der Waals surface area contributed by atoms with Crippen molar-refractivity contribution < 1.29 is 9.90 Å². The minimum atomic E-state index is -0.944. The van der Waals surface area contributed by atoms with Gasteiger partial charge in [0.25, 0.3) is 0 Å². The van der Waals surface area contributed by atoms with E-state index in [1.165, 1.54) is 0 Å². The fourth-order valence-electron chi connectivity index (χ4n) is 1.52. The number of hydrogen-bond acceptors (Lipinski definition) is 2. The van der Waals surface area contributed by atoms with Crippen LogP contribution in [0.1, 0.15) is 11.1 Å². The normalized spacial score (nSPS) is 11.2. The number of rotatable bonds is 3. The number of carboxylic acid groups (broad SMARTS) is 1. The first-order valence-corrected chi connectivity index (χ1v) is 5.18. The number of benzene rings is 1. The van der Waals surface area contributed by atoms with Crippen molar-refractivity contribution in [2.75, 3.05) is 0 Å². The van der Waals surface area contributed by atoms with Gasteiger partial charge in [0, 0.05) is 12.4 Å². The van der Waals surface area contributed by atoms with E-state index in [0.29, 0.717) is 5.56 Å². The van der Waals surface area contributed by atoms with Crippen molar-refractivity contribution in [1.29, 1.82) is 0 Å². The highest BCUT2D eigenvalue weighted by Crippen LogP contribution is 2.17. The van der Waals surface area contributed by atoms with E-state index in [-0.39, 0.29) is 5.57 Å². The van der Waals surface area contributed by atoms with Crippen LogP contribution in [0.3, 0.4) is 0 Å². The summed E-state index contributed by atoms with van der Waals surface area (Å²) in [6.45, 7) is 0. The van der Waals surface area contributed by atoms with Gasteiger partial charge in [-0.3, -0.25) is 4.98 Å². The third-order valence-electron chi connectivity index (χ3n) is 2.33. The monoisotopic (exact) mass is 225 g/mol. The fraction of sp³-hybridized carbons (Fsp3) is 0. The topological polar surface area (TPSA) is 50.2 Å². The lowest BCUT2D eigenvalue weighted by Crippen LogP contribution is -1.99. The molecule has 2 aromatic rings. The lowest BCUT2D eigenvalue weighted by atomic mass is 10.0. The molecular weight excluding hydrogens is 214 g/mol. The molecule has 1 N–H and O–H groups in total. The molecule has 0 aliphatic heterocycles. The van der Waals surface area contributed by atoms with Crippen molar-refractivity contribution in [1.82, 2.24) is 4.98 Å². The molecular formula is C14H11NO2. The summed E-state index contributed by atoms with van der Waals surface area (Å²) in [5, 5.41) is 9.20. The van der Waals surface area contributed by atoms with E-state index >= 15 is 0 Å². The molecule has 17 heavy (non-hydrogen) atoms. The van der Waals surface area contributed by atoms with Gasteiger partial charge in [0.05, 0.1) is 5.57 Å². The van der Waals surface area contributed by atoms with Gasteiger partial charge in [-0.05, 0) is 29.3 Å². The lowest BCUT2D eigenvalue weighted by molar-refractivity contribution is -0.130. The van der Waals surface area contributed by atoms with E-state index in [0.717, 1.165) is 5.56 Å². The quantitative estimate of drug-likeness (QED) is 0.817. The van der Waals surface area contributed by atoms with Gasteiger partial charge in [0.1, 0.15) is 0 Å². The highest BCUT2D eigenvalue weighted by Gasteiger charge is 2.09. The Morgan fingerprint density at radius 1 is 1.06 bits per heavy atom. The Morgan fingerprint density at radius 3 is 2.29 bits per heavy atom. The van der Waals surface area contributed by atoms with E-state index < -0.39 is 5.97 Å². The number of nitrogens with zero attached hydrogens (tertiary/aromatic N) is 1. The summed E-state index contributed by atoms with van der Waals surface area (Å²) in [6, 6.07) is 12.7. The standard InChI is InChI=1S/C14H11NO2/c16-14(17)13(12-6-8-15-9-7-12)10-11-4-2-1-3-5-11/h1-10H,(H,16,17)/b13-10+. The van der Waals surface area contributed by atoms with Gasteiger partial charge in [-0.15, -0.1) is 0 Å². The van der Waals surface area contributed by atoms with Gasteiger partial charge in [0.2, 0.25) is 0 Å². The van der Waals surface area contributed by atoms with Crippen LogP contribution >= 0.6 is 0 Å². The molecule has 1 aromatic carbocycles. The summed E-state index contributed by atoms with van der Waals surface area (Å²) in [7, 11) is 0. The van der Waals surface area contributed by atoms with Crippen molar-refractivity contribution in [3.8, 4) is 0 Å². The molecule has 0 aliphatic carbocycles. The maximum Gasteiger partial charge on any atom is 0.336 e. The molecule has 0 spiro atoms. The van der Waals surface area contributed by atoms with Crippen molar-refractivity contribution in [2.24, 2.45) is 0 Å². The number of carbonyl (C=O) groups is 1. The molecule has 0 bridgehead atoms. The molecule has 0 aliphatic rings. The zero-order chi connectivity index (χ0) is 12.1. The van der Waals surface area contributed by atoms with Gasteiger partial charge in [-0.2, -0.15) is 0 Å². The van der Waals surface area contributed by atoms with Crippen molar-refractivity contribution in [3.05, 3.63) is 66.0 Å². The fourth-order valence-corrected chi connectivity index (χ4v) is 1.52. The first-order chi connectivity index (χ1) is 8.27. The summed E-state index contributed by atoms with van der Waals surface area (Å²) < 4.78 is 0. The molecule has 1 aromatic heterocycles. The molecule has 3 nitrogen and oxygen atoms in total. The Bertz CT molecular complexity index is 533. The second kappa shape index (κ2) is 5.07. The van der Waals surface area contributed by atoms with Crippen LogP contribution in [0.2, 0.25) is 0 Å². The molecule has 84 valence electrons. The molecule has 3 heteroatoms. The largest absolute Gasteiger partial charge is 0.478 e. The number of aliphatic carboxylic acids is 1. The van der Waals surface area contributed by atoms with Crippen LogP contribution in [-0.2, 0) is 4.79 Å². The Hall–Kier alpha value is -2.42. The Morgan fingerprint density at radius 2 is 1.71 bits per heavy atom. The first-order valence-electron chi connectivity index (χ1n) is 5.18. The van der Waals surface area contributed by atoms with E-state index in [4.69, 9.17) is 0 Å². The van der Waals surface area contributed by atoms with Crippen molar-refractivity contribution in [2.45, 2.75) is 0 Å². The van der Waals surface area contributed by atoms with Crippen LogP contribution in [0.15, 0.2) is 54.9 Å². The summed E-state index contributed by atoms with van der Waals surface area (Å²) >= 11 is 0. The molecule has 0 radical (unpaired) electrons. The van der Waals surface area contributed by atoms with Crippen LogP contribution in [0, 0.1) is 0 Å². The van der Waals surface area contributed by atoms with Crippen LogP contribution < -0.4 is 0 Å². The van der Waals surface area contributed by atoms with Gasteiger partial charge in [0.15, 0.2) is 0 Å². The van der Waals surface area contributed by atoms with Crippen LogP contribution in [0.5, 0.6) is 0 Å². The number of hydrogen-bond donors (Lipinski definition) is 1. The van der Waals surface area contributed by atoms with Gasteiger partial charge in [-0.25, -0.2) is 4.79 Å². The molecule has 0 saturated carbocycles. The minimum Gasteiger partial charge on any atom is -0.478 e. The minimum absolute atomic E-state index is 0.263. The Balaban J connectivity index is 2.44. The van der Waals surface area contributed by atoms with E-state index in [1.54, 1.807) is 30.6 Å². The summed E-state index contributed by atoms with van der Waals surface area (Å²) in [6.07, 6.45) is 4.81. The average Bonchev–Trinajstić information content (AvgIpc) is 2.38. The highest BCUT2D eigenvalue weighted by molar-refractivity contribution is 6.20. The summed E-state index contributed by atoms with van der Waals surface area (Å²) in [5.74, 6) is -0.944. The molecule has 1 heterocycles. The predicted molar refractivity (Wildman–Crippen MR) is 66.2 cm³/mol. The highest BCUT2D eigenvalue weighted by atomic mass is 16.4. The zero-order valence-electron chi connectivity index (χ0n) is 9.08. The Labute approximate surface area is 99.1 Å². The smallest absolute Gasteiger partial charge is 0.336 e. The third-order valence-corrected chi connectivity index (χ3v) is 2.33. The van der Waals surface area contributed by atoms with E-state index in [9.17, 15) is 9.90 Å². The van der Waals surface area contributed by atoms with E-state index in [2.05, 4.69) is 4.98 Å². The second-order valence-corrected chi connectivity index (χ2v) is 3.51. The molecule has 0 atom stereocenters. The van der Waals surface area contributed by atoms with Gasteiger partial charge >= 0.3 is 5.97 Å². The molecule has 0 unspecified atom stereocenters. The number of aromatic nitrogens is 1. The van der Waals surface area contributed by atoms with Gasteiger partial charge < -0.3 is 5.11 Å². The van der Waals surface area contributed by atoms with Crippen molar-refractivity contribution >= 4 is 17.6 Å². The maximum absolute atomic E-state index is 11.2. The zero-order valence-corrected chi connectivity index (χ0v) is 9.08. The first kappa shape index (κ1) is 11.1. The second-order valence-electron chi connectivity index (χ2n) is 3.51. The predicted octanol–water partition coefficient (Wildman–Crippen LogP) is 2.71. The molecule has 0 saturated heterocycles. The van der Waals surface area contributed by atoms with Crippen LogP contribution in [0.4, 0.5) is 0 Å². The average molecular weight is 225 g/mol. The summed E-state index contributed by atoms with van der Waals surface area (Å²) in [4.78, 5) is 15.1. The molecule has 0 fully saturated rings. The summed E-state index contributed by atoms with van der Waals surface area (Å²) in [5.41, 5.74) is 1.77. The van der Waals surface area contributed by atoms with Crippen LogP contribution in [-0.4, -0.2) is 16.1 Å². The Kier molecular flexibility index (Phi) is 3.31. The SMILES string of the molecule is O=C(O)/C(=C/c1ccccc1)c1ccncc1. The lowest BCUT2D eigenvalue weighted by Gasteiger charge is -2.02. The van der Waals surface area contributed by atoms with Crippen LogP contribution in [0.25, 0.3) is 11.6 Å². The number of carboxylic acids is 1. The van der Waals surface area contributed by atoms with Gasteiger partial charge in [-0.1, -0.05) is 30.3 Å². The third kappa shape index (κ3) is 2.78.